The highest BCUT2D eigenvalue weighted by atomic mass is 32.2. The van der Waals surface area contributed by atoms with E-state index in [9.17, 15) is 13.2 Å². The topological polar surface area (TPSA) is 76.6 Å². The van der Waals surface area contributed by atoms with Crippen molar-refractivity contribution in [2.45, 2.75) is 4.90 Å². The maximum absolute atomic E-state index is 12.2. The Kier molecular flexibility index (Phi) is 3.58. The number of sulfonamides is 1. The number of nitrogens with zero attached hydrogens (tertiary/aromatic N) is 2. The number of hydrogen-bond acceptors (Lipinski definition) is 6. The summed E-state index contributed by atoms with van der Waals surface area (Å²) in [6, 6.07) is 7.65. The van der Waals surface area contributed by atoms with Gasteiger partial charge in [0.2, 0.25) is 0 Å². The van der Waals surface area contributed by atoms with Crippen LogP contribution in [0.5, 0.6) is 0 Å². The Labute approximate surface area is 107 Å². The van der Waals surface area contributed by atoms with Gasteiger partial charge in [-0.25, -0.2) is 4.98 Å². The molecular weight excluding hydrogens is 276 g/mol. The Morgan fingerprint density at radius 3 is 2.56 bits per heavy atom. The summed E-state index contributed by atoms with van der Waals surface area (Å²) in [6.07, 6.45) is 0. The van der Waals surface area contributed by atoms with Crippen molar-refractivity contribution in [2.24, 2.45) is 0 Å². The maximum Gasteiger partial charge on any atom is 0.322 e. The second-order valence-corrected chi connectivity index (χ2v) is 5.57. The van der Waals surface area contributed by atoms with Gasteiger partial charge in [-0.05, 0) is 12.1 Å². The Balaban J connectivity index is 2.46. The molecule has 2 aromatic rings. The molecule has 0 fully saturated rings. The summed E-state index contributed by atoms with van der Waals surface area (Å²) in [5.74, 6) is 0.0379. The van der Waals surface area contributed by atoms with Gasteiger partial charge in [0, 0.05) is 5.38 Å². The molecule has 0 bridgehead atoms. The molecule has 0 aliphatic heterocycles. The fourth-order valence-electron chi connectivity index (χ4n) is 1.26. The highest BCUT2D eigenvalue weighted by Gasteiger charge is 2.28. The third-order valence-electron chi connectivity index (χ3n) is 2.00. The van der Waals surface area contributed by atoms with Crippen LogP contribution in [0.4, 0.5) is 5.82 Å². The van der Waals surface area contributed by atoms with E-state index in [1.165, 1.54) is 34.4 Å². The van der Waals surface area contributed by atoms with Gasteiger partial charge >= 0.3 is 6.47 Å². The van der Waals surface area contributed by atoms with Crippen molar-refractivity contribution in [3.63, 3.8) is 0 Å². The van der Waals surface area contributed by atoms with Crippen molar-refractivity contribution in [3.8, 4) is 0 Å². The van der Waals surface area contributed by atoms with Gasteiger partial charge in [0.15, 0.2) is 5.82 Å². The normalized spacial score (nSPS) is 10.9. The molecule has 18 heavy (non-hydrogen) atoms. The van der Waals surface area contributed by atoms with E-state index in [0.717, 1.165) is 0 Å². The number of benzene rings is 1. The van der Waals surface area contributed by atoms with Crippen LogP contribution in [0.25, 0.3) is 0 Å². The summed E-state index contributed by atoms with van der Waals surface area (Å²) in [6.45, 7) is 0.0415. The molecule has 1 heterocycles. The summed E-state index contributed by atoms with van der Waals surface area (Å²) in [5.41, 5.74) is 1.44. The standard InChI is InChI=1S/C10H8N2O4S2/c13-8-16-12(10-6-17-7-11-10)18(14,15)9-4-2-1-3-5-9/h1-8H. The molecule has 1 aromatic carbocycles. The number of carbonyl (C=O) groups is 1. The third-order valence-corrected chi connectivity index (χ3v) is 4.16. The van der Waals surface area contributed by atoms with Gasteiger partial charge in [0.05, 0.1) is 10.4 Å². The lowest BCUT2D eigenvalue weighted by Gasteiger charge is -2.17. The van der Waals surface area contributed by atoms with E-state index < -0.39 is 10.0 Å². The molecular formula is C10H8N2O4S2. The fraction of sp³-hybridized carbons (Fsp3) is 0. The molecule has 2 rings (SSSR count). The number of rotatable bonds is 5. The van der Waals surface area contributed by atoms with Gasteiger partial charge in [-0.15, -0.1) is 11.3 Å². The lowest BCUT2D eigenvalue weighted by atomic mass is 10.4. The van der Waals surface area contributed by atoms with Gasteiger partial charge in [-0.2, -0.15) is 8.42 Å². The predicted octanol–water partition coefficient (Wildman–Crippen LogP) is 1.43. The zero-order valence-corrected chi connectivity index (χ0v) is 10.6. The van der Waals surface area contributed by atoms with Crippen molar-refractivity contribution in [2.75, 3.05) is 4.47 Å². The van der Waals surface area contributed by atoms with Crippen LogP contribution in [-0.4, -0.2) is 19.9 Å². The van der Waals surface area contributed by atoms with Gasteiger partial charge in [-0.1, -0.05) is 22.7 Å². The summed E-state index contributed by atoms with van der Waals surface area (Å²) < 4.78 is 24.9. The first-order valence-corrected chi connectivity index (χ1v) is 7.13. The summed E-state index contributed by atoms with van der Waals surface area (Å²) in [4.78, 5) is 18.8. The molecule has 0 atom stereocenters. The van der Waals surface area contributed by atoms with E-state index in [1.54, 1.807) is 18.2 Å². The molecule has 6 nitrogen and oxygen atoms in total. The summed E-state index contributed by atoms with van der Waals surface area (Å²) in [7, 11) is -3.96. The second kappa shape index (κ2) is 5.15. The predicted molar refractivity (Wildman–Crippen MR) is 65.4 cm³/mol. The van der Waals surface area contributed by atoms with E-state index in [0.29, 0.717) is 4.47 Å². The molecule has 0 amide bonds. The molecule has 0 radical (unpaired) electrons. The largest absolute Gasteiger partial charge is 0.327 e. The lowest BCUT2D eigenvalue weighted by molar-refractivity contribution is -0.128. The Morgan fingerprint density at radius 2 is 2.00 bits per heavy atom. The quantitative estimate of drug-likeness (QED) is 0.613. The molecule has 0 aliphatic rings. The minimum Gasteiger partial charge on any atom is -0.327 e. The van der Waals surface area contributed by atoms with Crippen LogP contribution in [0, 0.1) is 0 Å². The Morgan fingerprint density at radius 1 is 1.28 bits per heavy atom. The van der Waals surface area contributed by atoms with Gasteiger partial charge in [0.1, 0.15) is 0 Å². The molecule has 0 spiro atoms. The van der Waals surface area contributed by atoms with E-state index in [4.69, 9.17) is 0 Å². The van der Waals surface area contributed by atoms with Crippen molar-refractivity contribution >= 4 is 33.7 Å². The molecule has 0 unspecified atom stereocenters. The van der Waals surface area contributed by atoms with Crippen LogP contribution < -0.4 is 4.47 Å². The molecule has 1 aromatic heterocycles. The fourth-order valence-corrected chi connectivity index (χ4v) is 3.02. The van der Waals surface area contributed by atoms with E-state index in [-0.39, 0.29) is 17.2 Å². The number of thiazole rings is 1. The van der Waals surface area contributed by atoms with Crippen molar-refractivity contribution < 1.29 is 18.0 Å². The number of carbonyl (C=O) groups excluding carboxylic acids is 1. The van der Waals surface area contributed by atoms with E-state index in [2.05, 4.69) is 9.82 Å². The van der Waals surface area contributed by atoms with Crippen molar-refractivity contribution in [1.29, 1.82) is 0 Å². The molecule has 0 N–H and O–H groups in total. The van der Waals surface area contributed by atoms with Crippen LogP contribution in [-0.2, 0) is 19.7 Å². The third kappa shape index (κ3) is 2.34. The average molecular weight is 284 g/mol. The highest BCUT2D eigenvalue weighted by Crippen LogP contribution is 2.23. The summed E-state index contributed by atoms with van der Waals surface area (Å²) in [5, 5.41) is 1.46. The van der Waals surface area contributed by atoms with Crippen LogP contribution in [0.1, 0.15) is 0 Å². The van der Waals surface area contributed by atoms with Gasteiger partial charge in [0.25, 0.3) is 10.0 Å². The molecule has 0 saturated carbocycles. The first kappa shape index (κ1) is 12.5. The van der Waals surface area contributed by atoms with E-state index in [1.807, 2.05) is 0 Å². The van der Waals surface area contributed by atoms with Crippen LogP contribution in [0.15, 0.2) is 46.1 Å². The first-order chi connectivity index (χ1) is 8.66. The maximum atomic E-state index is 12.2. The number of aromatic nitrogens is 1. The second-order valence-electron chi connectivity index (χ2n) is 3.09. The highest BCUT2D eigenvalue weighted by molar-refractivity contribution is 7.92. The number of hydrogen-bond donors (Lipinski definition) is 0. The Hall–Kier alpha value is -1.93. The zero-order chi connectivity index (χ0) is 13.0. The monoisotopic (exact) mass is 284 g/mol. The van der Waals surface area contributed by atoms with Crippen LogP contribution >= 0.6 is 11.3 Å². The zero-order valence-electron chi connectivity index (χ0n) is 8.96. The first-order valence-electron chi connectivity index (χ1n) is 4.75. The Bertz CT molecular complexity index is 611. The van der Waals surface area contributed by atoms with Crippen molar-refractivity contribution in [3.05, 3.63) is 41.2 Å². The lowest BCUT2D eigenvalue weighted by Crippen LogP contribution is -2.31. The SMILES string of the molecule is O=CON(c1cscn1)S(=O)(=O)c1ccccc1. The van der Waals surface area contributed by atoms with Gasteiger partial charge in [-0.3, -0.25) is 4.79 Å². The van der Waals surface area contributed by atoms with Crippen LogP contribution in [0.2, 0.25) is 0 Å². The number of anilines is 1. The molecule has 0 aliphatic carbocycles. The van der Waals surface area contributed by atoms with Gasteiger partial charge < -0.3 is 4.84 Å². The summed E-state index contributed by atoms with van der Waals surface area (Å²) >= 11 is 1.19. The minimum absolute atomic E-state index is 0.0138. The molecule has 0 saturated heterocycles. The van der Waals surface area contributed by atoms with Crippen LogP contribution in [0.3, 0.4) is 0 Å². The molecule has 94 valence electrons. The minimum atomic E-state index is -3.96. The van der Waals surface area contributed by atoms with Crippen molar-refractivity contribution in [1.82, 2.24) is 4.98 Å². The smallest absolute Gasteiger partial charge is 0.322 e. The van der Waals surface area contributed by atoms with E-state index >= 15 is 0 Å². The molecule has 8 heteroatoms. The average Bonchev–Trinajstić information content (AvgIpc) is 2.90.